The molecule has 9 heteroatoms. The Balaban J connectivity index is 0. The molecule has 0 unspecified atom stereocenters. The molecule has 0 atom stereocenters. The quantitative estimate of drug-likeness (QED) is 0.158. The number of pyridine rings is 1. The summed E-state index contributed by atoms with van der Waals surface area (Å²) in [7, 11) is 4.18. The molecular formula is C19H35I2N5O2. The van der Waals surface area contributed by atoms with E-state index in [-0.39, 0.29) is 71.2 Å². The number of carbonyl (C=O) groups excluding carboxylic acids is 2. The van der Waals surface area contributed by atoms with Crippen molar-refractivity contribution < 1.29 is 66.5 Å². The molecule has 0 aliphatic carbocycles. The maximum absolute atomic E-state index is 12.4. The third-order valence-corrected chi connectivity index (χ3v) is 5.51. The number of nitrogens with zero attached hydrogens (tertiary/aromatic N) is 3. The van der Waals surface area contributed by atoms with Crippen LogP contribution in [0.5, 0.6) is 0 Å². The highest BCUT2D eigenvalue weighted by Gasteiger charge is 2.21. The lowest BCUT2D eigenvalue weighted by Crippen LogP contribution is -3.00. The second kappa shape index (κ2) is 13.6. The van der Waals surface area contributed by atoms with E-state index in [0.717, 1.165) is 35.1 Å². The number of rotatable bonds is 10. The third-order valence-electron chi connectivity index (χ3n) is 5.51. The molecule has 0 bridgehead atoms. The SMILES string of the molecule is CC[N+](C)(CC)CNC(=O)c1cccc(C(=O)NC[N+](C)(CC)CC)n1.[I-].[I-]. The molecule has 0 aliphatic heterocycles. The lowest BCUT2D eigenvalue weighted by atomic mass is 10.2. The summed E-state index contributed by atoms with van der Waals surface area (Å²) in [5, 5.41) is 5.84. The van der Waals surface area contributed by atoms with Crippen molar-refractivity contribution in [2.45, 2.75) is 27.7 Å². The zero-order valence-electron chi connectivity index (χ0n) is 17.9. The maximum atomic E-state index is 12.4. The lowest BCUT2D eigenvalue weighted by Gasteiger charge is -2.32. The van der Waals surface area contributed by atoms with Gasteiger partial charge in [0.15, 0.2) is 13.3 Å². The van der Waals surface area contributed by atoms with Crippen LogP contribution in [0.4, 0.5) is 0 Å². The van der Waals surface area contributed by atoms with Gasteiger partial charge in [0.05, 0.1) is 40.3 Å². The molecule has 0 saturated heterocycles. The molecular weight excluding hydrogens is 584 g/mol. The van der Waals surface area contributed by atoms with Crippen LogP contribution in [0.2, 0.25) is 0 Å². The monoisotopic (exact) mass is 619 g/mol. The van der Waals surface area contributed by atoms with Crippen molar-refractivity contribution in [1.82, 2.24) is 15.6 Å². The lowest BCUT2D eigenvalue weighted by molar-refractivity contribution is -0.907. The molecule has 1 rings (SSSR count). The Hall–Kier alpha value is -0.530. The van der Waals surface area contributed by atoms with Gasteiger partial charge in [0.25, 0.3) is 11.8 Å². The van der Waals surface area contributed by atoms with Crippen LogP contribution in [-0.4, -0.2) is 79.4 Å². The van der Waals surface area contributed by atoms with Crippen molar-refractivity contribution in [2.75, 3.05) is 53.6 Å². The van der Waals surface area contributed by atoms with Crippen LogP contribution in [0.3, 0.4) is 0 Å². The van der Waals surface area contributed by atoms with E-state index in [1.54, 1.807) is 18.2 Å². The molecule has 1 aromatic rings. The molecule has 1 heterocycles. The van der Waals surface area contributed by atoms with E-state index in [4.69, 9.17) is 0 Å². The first-order chi connectivity index (χ1) is 12.2. The average Bonchev–Trinajstić information content (AvgIpc) is 2.69. The number of amides is 2. The summed E-state index contributed by atoms with van der Waals surface area (Å²) in [6.45, 7) is 13.2. The summed E-state index contributed by atoms with van der Waals surface area (Å²) in [4.78, 5) is 29.0. The fourth-order valence-corrected chi connectivity index (χ4v) is 2.29. The fraction of sp³-hybridized carbons (Fsp3) is 0.632. The van der Waals surface area contributed by atoms with E-state index >= 15 is 0 Å². The van der Waals surface area contributed by atoms with Gasteiger partial charge in [-0.3, -0.25) is 9.59 Å². The average molecular weight is 619 g/mol. The molecule has 2 amide bonds. The zero-order valence-corrected chi connectivity index (χ0v) is 22.2. The maximum Gasteiger partial charge on any atom is 0.274 e. The highest BCUT2D eigenvalue weighted by molar-refractivity contribution is 5.96. The Morgan fingerprint density at radius 2 is 1.11 bits per heavy atom. The van der Waals surface area contributed by atoms with E-state index in [1.807, 2.05) is 0 Å². The topological polar surface area (TPSA) is 71.1 Å². The first-order valence-corrected chi connectivity index (χ1v) is 9.43. The second-order valence-electron chi connectivity index (χ2n) is 7.24. The van der Waals surface area contributed by atoms with E-state index in [0.29, 0.717) is 13.3 Å². The molecule has 0 aromatic carbocycles. The standard InChI is InChI=1S/C19H33N5O2.2HI/c1-7-23(5,8-2)14-20-18(25)16-12-11-13-17(22-16)19(26)21-15-24(6,9-3)10-4;;/h11-13H,7-10,14-15H2,1-6H3;2*1H. The fourth-order valence-electron chi connectivity index (χ4n) is 2.29. The highest BCUT2D eigenvalue weighted by atomic mass is 127. The van der Waals surface area contributed by atoms with E-state index < -0.39 is 0 Å². The number of aromatic nitrogens is 1. The molecule has 0 aliphatic rings. The van der Waals surface area contributed by atoms with Gasteiger partial charge in [-0.15, -0.1) is 0 Å². The van der Waals surface area contributed by atoms with Gasteiger partial charge in [-0.2, -0.15) is 0 Å². The van der Waals surface area contributed by atoms with Gasteiger partial charge >= 0.3 is 0 Å². The zero-order chi connectivity index (χ0) is 19.8. The molecule has 162 valence electrons. The minimum atomic E-state index is -0.256. The summed E-state index contributed by atoms with van der Waals surface area (Å²) in [6.07, 6.45) is 0. The third kappa shape index (κ3) is 8.87. The van der Waals surface area contributed by atoms with Crippen molar-refractivity contribution >= 4 is 11.8 Å². The van der Waals surface area contributed by atoms with E-state index in [9.17, 15) is 9.59 Å². The van der Waals surface area contributed by atoms with Gasteiger partial charge in [0.1, 0.15) is 11.4 Å². The van der Waals surface area contributed by atoms with Crippen LogP contribution >= 0.6 is 0 Å². The molecule has 2 N–H and O–H groups in total. The summed E-state index contributed by atoms with van der Waals surface area (Å²) < 4.78 is 1.49. The first kappa shape index (κ1) is 29.7. The van der Waals surface area contributed by atoms with Crippen molar-refractivity contribution in [3.05, 3.63) is 29.6 Å². The molecule has 0 saturated carbocycles. The van der Waals surface area contributed by atoms with Crippen LogP contribution in [0.15, 0.2) is 18.2 Å². The Kier molecular flexibility index (Phi) is 14.5. The Morgan fingerprint density at radius 3 is 1.39 bits per heavy atom. The van der Waals surface area contributed by atoms with Gasteiger partial charge < -0.3 is 67.6 Å². The second-order valence-corrected chi connectivity index (χ2v) is 7.24. The molecule has 28 heavy (non-hydrogen) atoms. The molecule has 1 aromatic heterocycles. The first-order valence-electron chi connectivity index (χ1n) is 9.43. The van der Waals surface area contributed by atoms with E-state index in [2.05, 4.69) is 57.4 Å². The van der Waals surface area contributed by atoms with Crippen molar-refractivity contribution in [2.24, 2.45) is 0 Å². The van der Waals surface area contributed by atoms with Gasteiger partial charge in [-0.05, 0) is 39.8 Å². The van der Waals surface area contributed by atoms with Gasteiger partial charge in [0.2, 0.25) is 0 Å². The minimum absolute atomic E-state index is 0. The number of quaternary nitrogens is 2. The number of hydrogen-bond acceptors (Lipinski definition) is 3. The smallest absolute Gasteiger partial charge is 0.274 e. The van der Waals surface area contributed by atoms with Crippen LogP contribution in [0.1, 0.15) is 48.7 Å². The number of halogens is 2. The minimum Gasteiger partial charge on any atom is -1.00 e. The normalized spacial score (nSPS) is 11.1. The van der Waals surface area contributed by atoms with Gasteiger partial charge in [-0.25, -0.2) is 4.98 Å². The van der Waals surface area contributed by atoms with Gasteiger partial charge in [0, 0.05) is 0 Å². The van der Waals surface area contributed by atoms with Crippen molar-refractivity contribution in [3.8, 4) is 0 Å². The van der Waals surface area contributed by atoms with E-state index in [1.165, 1.54) is 0 Å². The number of carbonyl (C=O) groups is 2. The van der Waals surface area contributed by atoms with Crippen molar-refractivity contribution in [1.29, 1.82) is 0 Å². The predicted octanol–water partition coefficient (Wildman–Crippen LogP) is -4.56. The summed E-state index contributed by atoms with van der Waals surface area (Å²) in [5.74, 6) is -0.512. The summed E-state index contributed by atoms with van der Waals surface area (Å²) in [5.41, 5.74) is 0.527. The van der Waals surface area contributed by atoms with Crippen LogP contribution in [-0.2, 0) is 0 Å². The van der Waals surface area contributed by atoms with Crippen LogP contribution < -0.4 is 58.6 Å². The van der Waals surface area contributed by atoms with Gasteiger partial charge in [-0.1, -0.05) is 6.07 Å². The predicted molar refractivity (Wildman–Crippen MR) is 103 cm³/mol. The number of nitrogens with one attached hydrogen (secondary N) is 2. The summed E-state index contributed by atoms with van der Waals surface area (Å²) >= 11 is 0. The Morgan fingerprint density at radius 1 is 0.786 bits per heavy atom. The van der Waals surface area contributed by atoms with Crippen LogP contribution in [0, 0.1) is 0 Å². The molecule has 0 fully saturated rings. The number of hydrogen-bond donors (Lipinski definition) is 2. The largest absolute Gasteiger partial charge is 1.00 e. The molecule has 0 spiro atoms. The molecule has 7 nitrogen and oxygen atoms in total. The Labute approximate surface area is 203 Å². The molecule has 0 radical (unpaired) electrons. The Bertz CT molecular complexity index is 571. The van der Waals surface area contributed by atoms with Crippen LogP contribution in [0.25, 0.3) is 0 Å². The summed E-state index contributed by atoms with van der Waals surface area (Å²) in [6, 6.07) is 4.96. The van der Waals surface area contributed by atoms with Crippen molar-refractivity contribution in [3.63, 3.8) is 0 Å². The highest BCUT2D eigenvalue weighted by Crippen LogP contribution is 2.04.